The number of rotatable bonds is 18. The molecule has 5 N–H and O–H groups in total. The average molecular weight is 419 g/mol. The summed E-state index contributed by atoms with van der Waals surface area (Å²) in [5.41, 5.74) is 1.40. The second-order valence-corrected chi connectivity index (χ2v) is 8.89. The van der Waals surface area contributed by atoms with Gasteiger partial charge in [-0.15, -0.1) is 0 Å². The molecule has 0 bridgehead atoms. The summed E-state index contributed by atoms with van der Waals surface area (Å²) >= 11 is 0. The zero-order valence-corrected chi connectivity index (χ0v) is 19.0. The average Bonchev–Trinajstić information content (AvgIpc) is 2.68. The molecule has 0 heterocycles. The molecule has 0 radical (unpaired) electrons. The molecule has 0 rings (SSSR count). The van der Waals surface area contributed by atoms with Gasteiger partial charge in [0.2, 0.25) is 0 Å². The molecule has 0 saturated carbocycles. The summed E-state index contributed by atoms with van der Waals surface area (Å²) in [6, 6.07) is 0. The third-order valence-electron chi connectivity index (χ3n) is 5.35. The van der Waals surface area contributed by atoms with Gasteiger partial charge in [-0.1, -0.05) is 58.1 Å². The number of unbranched alkanes of at least 4 members (excludes halogenated alkanes) is 1. The molecule has 0 aromatic rings. The number of ether oxygens (including phenoxy) is 1. The van der Waals surface area contributed by atoms with Gasteiger partial charge in [-0.2, -0.15) is 0 Å². The van der Waals surface area contributed by atoms with E-state index in [4.69, 9.17) is 9.84 Å². The Morgan fingerprint density at radius 3 is 2.10 bits per heavy atom. The highest BCUT2D eigenvalue weighted by atomic mass is 16.5. The molecule has 6 nitrogen and oxygen atoms in total. The van der Waals surface area contributed by atoms with Crippen LogP contribution in [-0.4, -0.2) is 69.8 Å². The van der Waals surface area contributed by atoms with Crippen molar-refractivity contribution < 1.29 is 30.3 Å². The first-order chi connectivity index (χ1) is 13.7. The zero-order valence-electron chi connectivity index (χ0n) is 19.0. The van der Waals surface area contributed by atoms with Crippen LogP contribution in [0.25, 0.3) is 0 Å². The molecular weight excluding hydrogens is 372 g/mol. The van der Waals surface area contributed by atoms with Crippen LogP contribution in [-0.2, 0) is 4.74 Å². The second kappa shape index (κ2) is 17.2. The van der Waals surface area contributed by atoms with E-state index >= 15 is 0 Å². The molecule has 0 spiro atoms. The van der Waals surface area contributed by atoms with Crippen LogP contribution in [0, 0.1) is 11.8 Å². The molecule has 6 heteroatoms. The molecule has 0 aromatic heterocycles. The van der Waals surface area contributed by atoms with Gasteiger partial charge in [0.05, 0.1) is 13.2 Å². The maximum atomic E-state index is 9.76. The van der Waals surface area contributed by atoms with Gasteiger partial charge >= 0.3 is 0 Å². The first kappa shape index (κ1) is 28.5. The highest BCUT2D eigenvalue weighted by molar-refractivity contribution is 4.97. The van der Waals surface area contributed by atoms with Crippen LogP contribution in [0.3, 0.4) is 0 Å². The van der Waals surface area contributed by atoms with E-state index in [1.807, 2.05) is 0 Å². The quantitative estimate of drug-likeness (QED) is 0.173. The third kappa shape index (κ3) is 15.0. The summed E-state index contributed by atoms with van der Waals surface area (Å²) in [4.78, 5) is 0. The Morgan fingerprint density at radius 2 is 1.48 bits per heavy atom. The second-order valence-electron chi connectivity index (χ2n) is 8.89. The standard InChI is InChI=1S/C23H46O6/c1-17(2)9-7-11-19(4)13-8-12-18(3)10-5-6-14-29-16-21(26)23(28)22(27)20(25)15-24/h10,17,19-28H,5-9,11-16H2,1-4H3/b18-10+/t19?,20-,21-,22-,23-/m0/s1. The van der Waals surface area contributed by atoms with Gasteiger partial charge in [0.1, 0.15) is 24.4 Å². The van der Waals surface area contributed by atoms with Crippen LogP contribution < -0.4 is 0 Å². The molecule has 29 heavy (non-hydrogen) atoms. The van der Waals surface area contributed by atoms with E-state index in [1.165, 1.54) is 37.7 Å². The number of hydrogen-bond acceptors (Lipinski definition) is 6. The molecule has 5 atom stereocenters. The lowest BCUT2D eigenvalue weighted by Crippen LogP contribution is -2.47. The lowest BCUT2D eigenvalue weighted by Gasteiger charge is -2.25. The van der Waals surface area contributed by atoms with Crippen LogP contribution in [0.1, 0.15) is 79.1 Å². The Labute approximate surface area is 177 Å². The van der Waals surface area contributed by atoms with E-state index in [0.29, 0.717) is 6.61 Å². The van der Waals surface area contributed by atoms with Crippen molar-refractivity contribution in [2.24, 2.45) is 11.8 Å². The summed E-state index contributed by atoms with van der Waals surface area (Å²) in [5, 5.41) is 47.0. The van der Waals surface area contributed by atoms with Crippen molar-refractivity contribution in [2.75, 3.05) is 19.8 Å². The fraction of sp³-hybridized carbons (Fsp3) is 0.913. The summed E-state index contributed by atoms with van der Waals surface area (Å²) < 4.78 is 5.33. The van der Waals surface area contributed by atoms with Crippen molar-refractivity contribution >= 4 is 0 Å². The molecule has 0 aliphatic heterocycles. The van der Waals surface area contributed by atoms with Gasteiger partial charge in [-0.3, -0.25) is 0 Å². The molecule has 0 fully saturated rings. The van der Waals surface area contributed by atoms with Crippen molar-refractivity contribution in [2.45, 2.75) is 103 Å². The van der Waals surface area contributed by atoms with Crippen LogP contribution in [0.15, 0.2) is 11.6 Å². The van der Waals surface area contributed by atoms with E-state index in [0.717, 1.165) is 31.1 Å². The molecule has 0 amide bonds. The predicted octanol–water partition coefficient (Wildman–Crippen LogP) is 2.80. The molecule has 0 aliphatic carbocycles. The van der Waals surface area contributed by atoms with Gasteiger partial charge < -0.3 is 30.3 Å². The van der Waals surface area contributed by atoms with Crippen molar-refractivity contribution in [3.63, 3.8) is 0 Å². The zero-order chi connectivity index (χ0) is 22.2. The topological polar surface area (TPSA) is 110 Å². The largest absolute Gasteiger partial charge is 0.394 e. The van der Waals surface area contributed by atoms with Crippen molar-refractivity contribution in [1.29, 1.82) is 0 Å². The van der Waals surface area contributed by atoms with E-state index < -0.39 is 31.0 Å². The summed E-state index contributed by atoms with van der Waals surface area (Å²) in [6.45, 7) is 8.71. The lowest BCUT2D eigenvalue weighted by atomic mass is 9.94. The Balaban J connectivity index is 3.78. The van der Waals surface area contributed by atoms with E-state index in [1.54, 1.807) is 0 Å². The lowest BCUT2D eigenvalue weighted by molar-refractivity contribution is -0.129. The van der Waals surface area contributed by atoms with Crippen molar-refractivity contribution in [3.8, 4) is 0 Å². The smallest absolute Gasteiger partial charge is 0.111 e. The molecule has 1 unspecified atom stereocenters. The van der Waals surface area contributed by atoms with Gasteiger partial charge in [0.15, 0.2) is 0 Å². The predicted molar refractivity (Wildman–Crippen MR) is 117 cm³/mol. The van der Waals surface area contributed by atoms with Crippen molar-refractivity contribution in [3.05, 3.63) is 11.6 Å². The normalized spacial score (nSPS) is 17.9. The monoisotopic (exact) mass is 418 g/mol. The van der Waals surface area contributed by atoms with E-state index in [-0.39, 0.29) is 6.61 Å². The Hall–Kier alpha value is -0.500. The Kier molecular flexibility index (Phi) is 16.9. The minimum atomic E-state index is -1.61. The first-order valence-electron chi connectivity index (χ1n) is 11.3. The van der Waals surface area contributed by atoms with Gasteiger partial charge in [0, 0.05) is 6.61 Å². The number of aliphatic hydroxyl groups excluding tert-OH is 5. The first-order valence-corrected chi connectivity index (χ1v) is 11.3. The fourth-order valence-electron chi connectivity index (χ4n) is 3.25. The number of hydrogen-bond donors (Lipinski definition) is 5. The molecule has 0 aliphatic rings. The summed E-state index contributed by atoms with van der Waals surface area (Å²) in [5.74, 6) is 1.60. The fourth-order valence-corrected chi connectivity index (χ4v) is 3.25. The highest BCUT2D eigenvalue weighted by Gasteiger charge is 2.29. The Morgan fingerprint density at radius 1 is 0.862 bits per heavy atom. The molecular formula is C23H46O6. The maximum absolute atomic E-state index is 9.76. The number of allylic oxidation sites excluding steroid dienone is 2. The Bertz CT molecular complexity index is 412. The van der Waals surface area contributed by atoms with Crippen LogP contribution >= 0.6 is 0 Å². The van der Waals surface area contributed by atoms with E-state index in [2.05, 4.69) is 33.8 Å². The molecule has 174 valence electrons. The summed E-state index contributed by atoms with van der Waals surface area (Å²) in [6.07, 6.45) is 5.60. The summed E-state index contributed by atoms with van der Waals surface area (Å²) in [7, 11) is 0. The molecule has 0 saturated heterocycles. The highest BCUT2D eigenvalue weighted by Crippen LogP contribution is 2.19. The van der Waals surface area contributed by atoms with Crippen LogP contribution in [0.2, 0.25) is 0 Å². The number of aliphatic hydroxyl groups is 5. The van der Waals surface area contributed by atoms with Crippen LogP contribution in [0.5, 0.6) is 0 Å². The minimum Gasteiger partial charge on any atom is -0.394 e. The SMILES string of the molecule is C/C(=C\CCCOC[C@H](O)[C@H](O)[C@@H](O)[C@@H](O)CO)CCCC(C)CCCC(C)C. The van der Waals surface area contributed by atoms with Crippen molar-refractivity contribution in [1.82, 2.24) is 0 Å². The van der Waals surface area contributed by atoms with Gasteiger partial charge in [-0.05, 0) is 44.4 Å². The van der Waals surface area contributed by atoms with Crippen LogP contribution in [0.4, 0.5) is 0 Å². The van der Waals surface area contributed by atoms with E-state index in [9.17, 15) is 20.4 Å². The maximum Gasteiger partial charge on any atom is 0.111 e. The van der Waals surface area contributed by atoms with Gasteiger partial charge in [0.25, 0.3) is 0 Å². The van der Waals surface area contributed by atoms with Gasteiger partial charge in [-0.25, -0.2) is 0 Å². The molecule has 0 aromatic carbocycles. The third-order valence-corrected chi connectivity index (χ3v) is 5.35. The minimum absolute atomic E-state index is 0.131.